The molecule has 0 unspecified atom stereocenters. The first-order valence-electron chi connectivity index (χ1n) is 7.78. The molecule has 1 heterocycles. The van der Waals surface area contributed by atoms with Crippen molar-refractivity contribution in [1.29, 1.82) is 0 Å². The molecule has 0 aliphatic carbocycles. The molecule has 24 heavy (non-hydrogen) atoms. The summed E-state index contributed by atoms with van der Waals surface area (Å²) >= 11 is 1.54. The highest BCUT2D eigenvalue weighted by Crippen LogP contribution is 2.26. The second-order valence-electron chi connectivity index (χ2n) is 5.87. The van der Waals surface area contributed by atoms with E-state index in [-0.39, 0.29) is 11.8 Å². The van der Waals surface area contributed by atoms with E-state index in [4.69, 9.17) is 4.74 Å². The number of carbonyl (C=O) groups is 1. The summed E-state index contributed by atoms with van der Waals surface area (Å²) in [4.78, 5) is 18.7. The Bertz CT molecular complexity index is 846. The lowest BCUT2D eigenvalue weighted by Gasteiger charge is -2.21. The number of benzene rings is 2. The molecular formula is C19H20N2O2S. The van der Waals surface area contributed by atoms with Gasteiger partial charge in [-0.25, -0.2) is 4.98 Å². The van der Waals surface area contributed by atoms with Gasteiger partial charge in [0.15, 0.2) is 0 Å². The molecule has 4 nitrogen and oxygen atoms in total. The third-order valence-corrected chi connectivity index (χ3v) is 4.84. The number of thiazole rings is 1. The summed E-state index contributed by atoms with van der Waals surface area (Å²) in [5.41, 5.74) is 3.73. The van der Waals surface area contributed by atoms with Crippen molar-refractivity contribution < 1.29 is 9.53 Å². The Kier molecular flexibility index (Phi) is 4.81. The minimum absolute atomic E-state index is 0.0934. The van der Waals surface area contributed by atoms with Gasteiger partial charge >= 0.3 is 0 Å². The van der Waals surface area contributed by atoms with Crippen LogP contribution >= 0.6 is 11.3 Å². The number of nitrogens with zero attached hydrogens (tertiary/aromatic N) is 2. The number of hydrogen-bond acceptors (Lipinski definition) is 4. The third-order valence-electron chi connectivity index (χ3n) is 4.20. The summed E-state index contributed by atoms with van der Waals surface area (Å²) in [6, 6.07) is 12.1. The standard InChI is InChI=1S/C19H20N2O2S/c1-13(19(22)21(2)10-17-11-24-12-20-17)14-4-5-16-9-18(23-3)7-6-15(16)8-14/h4-9,11-13H,10H2,1-3H3/t13-/m1/s1. The van der Waals surface area contributed by atoms with Gasteiger partial charge in [0, 0.05) is 12.4 Å². The van der Waals surface area contributed by atoms with Crippen molar-refractivity contribution >= 4 is 28.0 Å². The predicted molar refractivity (Wildman–Crippen MR) is 97.5 cm³/mol. The minimum Gasteiger partial charge on any atom is -0.497 e. The van der Waals surface area contributed by atoms with E-state index in [0.717, 1.165) is 27.8 Å². The maximum atomic E-state index is 12.7. The van der Waals surface area contributed by atoms with Crippen molar-refractivity contribution in [3.8, 4) is 5.75 Å². The van der Waals surface area contributed by atoms with Gasteiger partial charge in [0.1, 0.15) is 5.75 Å². The monoisotopic (exact) mass is 340 g/mol. The highest BCUT2D eigenvalue weighted by Gasteiger charge is 2.20. The molecule has 1 atom stereocenters. The van der Waals surface area contributed by atoms with E-state index in [1.165, 1.54) is 0 Å². The highest BCUT2D eigenvalue weighted by molar-refractivity contribution is 7.07. The SMILES string of the molecule is COc1ccc2cc([C@@H](C)C(=O)N(C)Cc3cscn3)ccc2c1. The molecule has 124 valence electrons. The first kappa shape index (κ1) is 16.5. The fourth-order valence-electron chi connectivity index (χ4n) is 2.75. The average Bonchev–Trinajstić information content (AvgIpc) is 3.12. The van der Waals surface area contributed by atoms with Crippen LogP contribution in [-0.2, 0) is 11.3 Å². The second-order valence-corrected chi connectivity index (χ2v) is 6.59. The molecule has 5 heteroatoms. The fraction of sp³-hybridized carbons (Fsp3) is 0.263. The van der Waals surface area contributed by atoms with Gasteiger partial charge in [-0.2, -0.15) is 0 Å². The predicted octanol–water partition coefficient (Wildman–Crippen LogP) is 4.07. The largest absolute Gasteiger partial charge is 0.497 e. The van der Waals surface area contributed by atoms with Crippen LogP contribution in [0, 0.1) is 0 Å². The van der Waals surface area contributed by atoms with Crippen molar-refractivity contribution in [2.24, 2.45) is 0 Å². The van der Waals surface area contributed by atoms with E-state index in [1.54, 1.807) is 28.9 Å². The number of likely N-dealkylation sites (N-methyl/N-ethyl adjacent to an activating group) is 1. The molecule has 0 N–H and O–H groups in total. The van der Waals surface area contributed by atoms with Crippen molar-refractivity contribution in [3.05, 3.63) is 58.5 Å². The Hall–Kier alpha value is -2.40. The van der Waals surface area contributed by atoms with Gasteiger partial charge in [-0.3, -0.25) is 4.79 Å². The van der Waals surface area contributed by atoms with Gasteiger partial charge in [-0.15, -0.1) is 11.3 Å². The van der Waals surface area contributed by atoms with E-state index in [1.807, 2.05) is 49.7 Å². The minimum atomic E-state index is -0.194. The number of methoxy groups -OCH3 is 1. The zero-order valence-corrected chi connectivity index (χ0v) is 14.8. The smallest absolute Gasteiger partial charge is 0.229 e. The molecular weight excluding hydrogens is 320 g/mol. The topological polar surface area (TPSA) is 42.4 Å². The van der Waals surface area contributed by atoms with E-state index in [2.05, 4.69) is 11.1 Å². The van der Waals surface area contributed by atoms with Crippen LogP contribution in [0.15, 0.2) is 47.3 Å². The molecule has 3 rings (SSSR count). The third kappa shape index (κ3) is 3.41. The molecule has 0 saturated carbocycles. The van der Waals surface area contributed by atoms with Gasteiger partial charge in [0.25, 0.3) is 0 Å². The summed E-state index contributed by atoms with van der Waals surface area (Å²) < 4.78 is 5.25. The summed E-state index contributed by atoms with van der Waals surface area (Å²) in [6.07, 6.45) is 0. The molecule has 3 aromatic rings. The number of amides is 1. The number of hydrogen-bond donors (Lipinski definition) is 0. The molecule has 0 saturated heterocycles. The Labute approximate surface area is 145 Å². The first-order chi connectivity index (χ1) is 11.6. The molecule has 1 aromatic heterocycles. The van der Waals surface area contributed by atoms with Gasteiger partial charge in [-0.1, -0.05) is 24.3 Å². The Balaban J connectivity index is 1.79. The van der Waals surface area contributed by atoms with Gasteiger partial charge < -0.3 is 9.64 Å². The number of aromatic nitrogens is 1. The van der Waals surface area contributed by atoms with Crippen molar-refractivity contribution in [1.82, 2.24) is 9.88 Å². The summed E-state index contributed by atoms with van der Waals surface area (Å²) in [5.74, 6) is 0.735. The van der Waals surface area contributed by atoms with E-state index >= 15 is 0 Å². The quantitative estimate of drug-likeness (QED) is 0.703. The van der Waals surface area contributed by atoms with Crippen LogP contribution < -0.4 is 4.74 Å². The molecule has 0 aliphatic rings. The number of rotatable bonds is 5. The Morgan fingerprint density at radius 1 is 1.25 bits per heavy atom. The van der Waals surface area contributed by atoms with Crippen molar-refractivity contribution in [3.63, 3.8) is 0 Å². The number of ether oxygens (including phenoxy) is 1. The number of carbonyl (C=O) groups excluding carboxylic acids is 1. The maximum absolute atomic E-state index is 12.7. The van der Waals surface area contributed by atoms with Crippen LogP contribution in [0.3, 0.4) is 0 Å². The van der Waals surface area contributed by atoms with Crippen LogP contribution in [0.5, 0.6) is 5.75 Å². The van der Waals surface area contributed by atoms with Crippen LogP contribution in [0.25, 0.3) is 10.8 Å². The van der Waals surface area contributed by atoms with Gasteiger partial charge in [0.05, 0.1) is 30.8 Å². The lowest BCUT2D eigenvalue weighted by molar-refractivity contribution is -0.131. The maximum Gasteiger partial charge on any atom is 0.229 e. The second kappa shape index (κ2) is 7.01. The Morgan fingerprint density at radius 2 is 2.00 bits per heavy atom. The molecule has 0 radical (unpaired) electrons. The molecule has 0 fully saturated rings. The van der Waals surface area contributed by atoms with E-state index < -0.39 is 0 Å². The van der Waals surface area contributed by atoms with Crippen molar-refractivity contribution in [2.75, 3.05) is 14.2 Å². The van der Waals surface area contributed by atoms with E-state index in [0.29, 0.717) is 6.54 Å². The lowest BCUT2D eigenvalue weighted by Crippen LogP contribution is -2.30. The highest BCUT2D eigenvalue weighted by atomic mass is 32.1. The normalized spacial score (nSPS) is 12.1. The van der Waals surface area contributed by atoms with E-state index in [9.17, 15) is 4.79 Å². The van der Waals surface area contributed by atoms with Crippen LogP contribution in [0.1, 0.15) is 24.1 Å². The first-order valence-corrected chi connectivity index (χ1v) is 8.72. The van der Waals surface area contributed by atoms with Crippen LogP contribution in [-0.4, -0.2) is 29.9 Å². The van der Waals surface area contributed by atoms with Crippen molar-refractivity contribution in [2.45, 2.75) is 19.4 Å². The molecule has 2 aromatic carbocycles. The molecule has 1 amide bonds. The molecule has 0 aliphatic heterocycles. The fourth-order valence-corrected chi connectivity index (χ4v) is 3.30. The summed E-state index contributed by atoms with van der Waals surface area (Å²) in [7, 11) is 3.48. The van der Waals surface area contributed by atoms with Crippen LogP contribution in [0.2, 0.25) is 0 Å². The zero-order valence-electron chi connectivity index (χ0n) is 14.0. The van der Waals surface area contributed by atoms with Gasteiger partial charge in [0.2, 0.25) is 5.91 Å². The average molecular weight is 340 g/mol. The lowest BCUT2D eigenvalue weighted by atomic mass is 9.96. The Morgan fingerprint density at radius 3 is 2.71 bits per heavy atom. The summed E-state index contributed by atoms with van der Waals surface area (Å²) in [6.45, 7) is 2.49. The number of fused-ring (bicyclic) bond motifs is 1. The molecule has 0 spiro atoms. The van der Waals surface area contributed by atoms with Gasteiger partial charge in [-0.05, 0) is 35.4 Å². The zero-order chi connectivity index (χ0) is 17.1. The van der Waals surface area contributed by atoms with Crippen LogP contribution in [0.4, 0.5) is 0 Å². The molecule has 0 bridgehead atoms. The summed E-state index contributed by atoms with van der Waals surface area (Å²) in [5, 5.41) is 4.18.